The molecule has 0 radical (unpaired) electrons. The van der Waals surface area contributed by atoms with E-state index in [2.05, 4.69) is 19.2 Å². The Bertz CT molecular complexity index is 528. The molecule has 1 fully saturated rings. The van der Waals surface area contributed by atoms with Crippen LogP contribution in [0.4, 0.5) is 5.69 Å². The van der Waals surface area contributed by atoms with Gasteiger partial charge in [-0.1, -0.05) is 13.8 Å². The van der Waals surface area contributed by atoms with E-state index in [-0.39, 0.29) is 23.5 Å². The molecule has 2 unspecified atom stereocenters. The van der Waals surface area contributed by atoms with Gasteiger partial charge in [-0.05, 0) is 25.5 Å². The van der Waals surface area contributed by atoms with Crippen LogP contribution in [0.15, 0.2) is 18.2 Å². The third-order valence-corrected chi connectivity index (χ3v) is 4.28. The van der Waals surface area contributed by atoms with Crippen LogP contribution in [-0.2, 0) is 4.74 Å². The van der Waals surface area contributed by atoms with Crippen molar-refractivity contribution in [3.8, 4) is 5.75 Å². The van der Waals surface area contributed by atoms with Gasteiger partial charge in [0.2, 0.25) is 0 Å². The standard InChI is InChI=1S/C16H24N2O3/c1-5-21-14-9-13(16(14,2)3)18-15(19)10-6-11(17)8-12(7-10)20-4/h6-8,13-14H,5,9,17H2,1-4H3,(H,18,19). The molecular formula is C16H24N2O3. The summed E-state index contributed by atoms with van der Waals surface area (Å²) in [5.41, 5.74) is 6.76. The van der Waals surface area contributed by atoms with Gasteiger partial charge in [-0.25, -0.2) is 0 Å². The van der Waals surface area contributed by atoms with Crippen molar-refractivity contribution >= 4 is 11.6 Å². The molecule has 2 atom stereocenters. The summed E-state index contributed by atoms with van der Waals surface area (Å²) in [5, 5.41) is 3.06. The molecule has 0 spiro atoms. The summed E-state index contributed by atoms with van der Waals surface area (Å²) in [6.07, 6.45) is 1.04. The van der Waals surface area contributed by atoms with Gasteiger partial charge >= 0.3 is 0 Å². The van der Waals surface area contributed by atoms with Gasteiger partial charge in [0.25, 0.3) is 5.91 Å². The topological polar surface area (TPSA) is 73.6 Å². The Morgan fingerprint density at radius 2 is 2.14 bits per heavy atom. The fourth-order valence-corrected chi connectivity index (χ4v) is 2.73. The molecule has 1 aliphatic carbocycles. The van der Waals surface area contributed by atoms with E-state index in [0.717, 1.165) is 6.42 Å². The van der Waals surface area contributed by atoms with Crippen molar-refractivity contribution in [1.82, 2.24) is 5.32 Å². The molecule has 116 valence electrons. The third-order valence-electron chi connectivity index (χ3n) is 4.28. The minimum atomic E-state index is -0.131. The summed E-state index contributed by atoms with van der Waals surface area (Å²) >= 11 is 0. The Morgan fingerprint density at radius 1 is 1.43 bits per heavy atom. The number of carbonyl (C=O) groups is 1. The van der Waals surface area contributed by atoms with Crippen LogP contribution in [0.1, 0.15) is 37.6 Å². The normalized spacial score (nSPS) is 23.2. The lowest BCUT2D eigenvalue weighted by Crippen LogP contribution is -2.62. The van der Waals surface area contributed by atoms with Crippen molar-refractivity contribution in [2.24, 2.45) is 5.41 Å². The summed E-state index contributed by atoms with van der Waals surface area (Å²) in [6, 6.07) is 5.14. The molecule has 0 aliphatic heterocycles. The van der Waals surface area contributed by atoms with E-state index in [9.17, 15) is 4.79 Å². The maximum Gasteiger partial charge on any atom is 0.251 e. The van der Waals surface area contributed by atoms with Gasteiger partial charge < -0.3 is 20.5 Å². The second-order valence-electron chi connectivity index (χ2n) is 6.02. The highest BCUT2D eigenvalue weighted by atomic mass is 16.5. The van der Waals surface area contributed by atoms with Gasteiger partial charge in [0.15, 0.2) is 0 Å². The number of amides is 1. The fourth-order valence-electron chi connectivity index (χ4n) is 2.73. The maximum absolute atomic E-state index is 12.4. The smallest absolute Gasteiger partial charge is 0.251 e. The van der Waals surface area contributed by atoms with Crippen molar-refractivity contribution in [1.29, 1.82) is 0 Å². The summed E-state index contributed by atoms with van der Waals surface area (Å²) in [7, 11) is 1.55. The molecule has 1 aliphatic rings. The van der Waals surface area contributed by atoms with Crippen LogP contribution in [-0.4, -0.2) is 31.8 Å². The lowest BCUT2D eigenvalue weighted by atomic mass is 9.64. The van der Waals surface area contributed by atoms with Crippen LogP contribution in [0, 0.1) is 5.41 Å². The molecule has 21 heavy (non-hydrogen) atoms. The van der Waals surface area contributed by atoms with E-state index in [1.807, 2.05) is 6.92 Å². The van der Waals surface area contributed by atoms with Crippen LogP contribution in [0.2, 0.25) is 0 Å². The average molecular weight is 292 g/mol. The first-order chi connectivity index (χ1) is 9.88. The SMILES string of the molecule is CCOC1CC(NC(=O)c2cc(N)cc(OC)c2)C1(C)C. The first-order valence-corrected chi connectivity index (χ1v) is 7.25. The highest BCUT2D eigenvalue weighted by molar-refractivity contribution is 5.95. The summed E-state index contributed by atoms with van der Waals surface area (Å²) in [6.45, 7) is 6.91. The summed E-state index contributed by atoms with van der Waals surface area (Å²) < 4.78 is 10.8. The predicted molar refractivity (Wildman–Crippen MR) is 82.5 cm³/mol. The zero-order chi connectivity index (χ0) is 15.6. The number of hydrogen-bond donors (Lipinski definition) is 2. The Morgan fingerprint density at radius 3 is 2.71 bits per heavy atom. The van der Waals surface area contributed by atoms with E-state index >= 15 is 0 Å². The van der Waals surface area contributed by atoms with E-state index in [4.69, 9.17) is 15.2 Å². The van der Waals surface area contributed by atoms with Gasteiger partial charge in [0, 0.05) is 35.4 Å². The highest BCUT2D eigenvalue weighted by Gasteiger charge is 2.49. The largest absolute Gasteiger partial charge is 0.497 e. The minimum Gasteiger partial charge on any atom is -0.497 e. The Hall–Kier alpha value is -1.75. The molecule has 1 aromatic carbocycles. The van der Waals surface area contributed by atoms with Gasteiger partial charge in [0.1, 0.15) is 5.75 Å². The molecule has 0 bridgehead atoms. The number of methoxy groups -OCH3 is 1. The lowest BCUT2D eigenvalue weighted by Gasteiger charge is -2.51. The Labute approximate surface area is 125 Å². The van der Waals surface area contributed by atoms with Gasteiger partial charge in [0.05, 0.1) is 13.2 Å². The zero-order valence-electron chi connectivity index (χ0n) is 13.1. The van der Waals surface area contributed by atoms with Gasteiger partial charge in [-0.3, -0.25) is 4.79 Å². The number of nitrogens with one attached hydrogen (secondary N) is 1. The Kier molecular flexibility index (Phi) is 4.42. The maximum atomic E-state index is 12.4. The van der Waals surface area contributed by atoms with Gasteiger partial charge in [-0.2, -0.15) is 0 Å². The first kappa shape index (κ1) is 15.6. The third kappa shape index (κ3) is 3.13. The molecule has 1 aromatic rings. The van der Waals surface area contributed by atoms with Crippen molar-refractivity contribution in [2.75, 3.05) is 19.5 Å². The van der Waals surface area contributed by atoms with Crippen molar-refractivity contribution < 1.29 is 14.3 Å². The number of rotatable bonds is 5. The number of anilines is 1. The molecule has 0 heterocycles. The number of ether oxygens (including phenoxy) is 2. The number of hydrogen-bond acceptors (Lipinski definition) is 4. The quantitative estimate of drug-likeness (QED) is 0.816. The second-order valence-corrected chi connectivity index (χ2v) is 6.02. The fraction of sp³-hybridized carbons (Fsp3) is 0.562. The molecule has 2 rings (SSSR count). The summed E-state index contributed by atoms with van der Waals surface area (Å²) in [4.78, 5) is 12.4. The van der Waals surface area contributed by atoms with E-state index in [1.54, 1.807) is 25.3 Å². The van der Waals surface area contributed by atoms with Crippen molar-refractivity contribution in [3.05, 3.63) is 23.8 Å². The van der Waals surface area contributed by atoms with E-state index < -0.39 is 0 Å². The molecular weight excluding hydrogens is 268 g/mol. The molecule has 3 N–H and O–H groups in total. The molecule has 0 saturated heterocycles. The van der Waals surface area contributed by atoms with Crippen LogP contribution >= 0.6 is 0 Å². The summed E-state index contributed by atoms with van der Waals surface area (Å²) in [5.74, 6) is 0.453. The molecule has 0 aromatic heterocycles. The minimum absolute atomic E-state index is 0.0594. The zero-order valence-corrected chi connectivity index (χ0v) is 13.1. The van der Waals surface area contributed by atoms with E-state index in [1.165, 1.54) is 0 Å². The lowest BCUT2D eigenvalue weighted by molar-refractivity contribution is -0.111. The van der Waals surface area contributed by atoms with Crippen LogP contribution in [0.3, 0.4) is 0 Å². The van der Waals surface area contributed by atoms with Crippen LogP contribution in [0.5, 0.6) is 5.75 Å². The van der Waals surface area contributed by atoms with Crippen molar-refractivity contribution in [2.45, 2.75) is 39.3 Å². The van der Waals surface area contributed by atoms with E-state index in [0.29, 0.717) is 23.6 Å². The average Bonchev–Trinajstić information content (AvgIpc) is 2.45. The Balaban J connectivity index is 2.04. The number of nitrogens with two attached hydrogens (primary N) is 1. The van der Waals surface area contributed by atoms with Gasteiger partial charge in [-0.15, -0.1) is 0 Å². The first-order valence-electron chi connectivity index (χ1n) is 7.25. The van der Waals surface area contributed by atoms with Crippen molar-refractivity contribution in [3.63, 3.8) is 0 Å². The number of carbonyl (C=O) groups excluding carboxylic acids is 1. The second kappa shape index (κ2) is 5.93. The molecule has 1 amide bonds. The molecule has 5 heteroatoms. The predicted octanol–water partition coefficient (Wildman–Crippen LogP) is 2.21. The number of benzene rings is 1. The molecule has 1 saturated carbocycles. The number of nitrogen functional groups attached to an aromatic ring is 1. The highest BCUT2D eigenvalue weighted by Crippen LogP contribution is 2.42. The monoisotopic (exact) mass is 292 g/mol. The molecule has 5 nitrogen and oxygen atoms in total. The van der Waals surface area contributed by atoms with Crippen LogP contribution < -0.4 is 15.8 Å². The van der Waals surface area contributed by atoms with Crippen LogP contribution in [0.25, 0.3) is 0 Å².